The van der Waals surface area contributed by atoms with Gasteiger partial charge in [0, 0.05) is 19.1 Å². The Balaban J connectivity index is 2.32. The molecule has 1 rings (SSSR count). The molecule has 0 aromatic carbocycles. The second-order valence-corrected chi connectivity index (χ2v) is 5.60. The van der Waals surface area contributed by atoms with Crippen LogP contribution in [0.25, 0.3) is 0 Å². The average Bonchev–Trinajstić information content (AvgIpc) is 2.51. The van der Waals surface area contributed by atoms with Gasteiger partial charge in [-0.15, -0.1) is 0 Å². The molecule has 1 amide bonds. The standard InChI is InChI=1S/C12H23NO2/c1-11(2)9(12(11,3)4)10(15)13-7-5-6-8-14/h9,14H,5-8H2,1-4H3,(H,13,15). The highest BCUT2D eigenvalue weighted by Gasteiger charge is 2.68. The highest BCUT2D eigenvalue weighted by atomic mass is 16.2. The summed E-state index contributed by atoms with van der Waals surface area (Å²) in [6, 6.07) is 0. The molecule has 0 bridgehead atoms. The molecule has 0 aliphatic heterocycles. The summed E-state index contributed by atoms with van der Waals surface area (Å²) in [5, 5.41) is 11.5. The second-order valence-electron chi connectivity index (χ2n) is 5.60. The van der Waals surface area contributed by atoms with E-state index in [2.05, 4.69) is 33.0 Å². The van der Waals surface area contributed by atoms with Crippen LogP contribution in [0.15, 0.2) is 0 Å². The van der Waals surface area contributed by atoms with Gasteiger partial charge in [-0.3, -0.25) is 4.79 Å². The number of nitrogens with one attached hydrogen (secondary N) is 1. The van der Waals surface area contributed by atoms with Gasteiger partial charge in [-0.05, 0) is 23.7 Å². The van der Waals surface area contributed by atoms with Crippen LogP contribution in [0.1, 0.15) is 40.5 Å². The molecule has 2 N–H and O–H groups in total. The Labute approximate surface area is 92.3 Å². The first-order valence-electron chi connectivity index (χ1n) is 5.74. The zero-order chi connectivity index (χ0) is 11.7. The summed E-state index contributed by atoms with van der Waals surface area (Å²) in [4.78, 5) is 11.8. The van der Waals surface area contributed by atoms with E-state index in [9.17, 15) is 4.79 Å². The maximum absolute atomic E-state index is 11.8. The van der Waals surface area contributed by atoms with Gasteiger partial charge in [0.05, 0.1) is 0 Å². The van der Waals surface area contributed by atoms with Crippen molar-refractivity contribution >= 4 is 5.91 Å². The Morgan fingerprint density at radius 3 is 2.13 bits per heavy atom. The molecule has 1 saturated carbocycles. The molecule has 0 radical (unpaired) electrons. The fraction of sp³-hybridized carbons (Fsp3) is 0.917. The van der Waals surface area contributed by atoms with E-state index in [0.717, 1.165) is 12.8 Å². The molecule has 3 nitrogen and oxygen atoms in total. The van der Waals surface area contributed by atoms with Crippen molar-refractivity contribution in [3.8, 4) is 0 Å². The van der Waals surface area contributed by atoms with Gasteiger partial charge < -0.3 is 10.4 Å². The number of carbonyl (C=O) groups excluding carboxylic acids is 1. The number of unbranched alkanes of at least 4 members (excludes halogenated alkanes) is 1. The van der Waals surface area contributed by atoms with E-state index in [1.165, 1.54) is 0 Å². The Kier molecular flexibility index (Phi) is 3.44. The maximum Gasteiger partial charge on any atom is 0.224 e. The molecule has 1 fully saturated rings. The van der Waals surface area contributed by atoms with Crippen LogP contribution < -0.4 is 5.32 Å². The third-order valence-corrected chi connectivity index (χ3v) is 4.17. The van der Waals surface area contributed by atoms with E-state index in [1.54, 1.807) is 0 Å². The first kappa shape index (κ1) is 12.5. The van der Waals surface area contributed by atoms with Crippen molar-refractivity contribution in [2.45, 2.75) is 40.5 Å². The Hall–Kier alpha value is -0.570. The topological polar surface area (TPSA) is 49.3 Å². The molecular weight excluding hydrogens is 190 g/mol. The zero-order valence-electron chi connectivity index (χ0n) is 10.3. The number of hydrogen-bond acceptors (Lipinski definition) is 2. The van der Waals surface area contributed by atoms with Crippen LogP contribution in [-0.2, 0) is 4.79 Å². The van der Waals surface area contributed by atoms with Gasteiger partial charge in [0.1, 0.15) is 0 Å². The van der Waals surface area contributed by atoms with Gasteiger partial charge in [0.2, 0.25) is 5.91 Å². The van der Waals surface area contributed by atoms with Crippen molar-refractivity contribution in [2.24, 2.45) is 16.7 Å². The van der Waals surface area contributed by atoms with E-state index in [0.29, 0.717) is 6.54 Å². The smallest absolute Gasteiger partial charge is 0.224 e. The average molecular weight is 213 g/mol. The molecular formula is C12H23NO2. The third kappa shape index (κ3) is 2.17. The predicted molar refractivity (Wildman–Crippen MR) is 60.4 cm³/mol. The summed E-state index contributed by atoms with van der Waals surface area (Å²) < 4.78 is 0. The molecule has 1 aliphatic rings. The Bertz CT molecular complexity index is 232. The zero-order valence-corrected chi connectivity index (χ0v) is 10.3. The van der Waals surface area contributed by atoms with Crippen molar-refractivity contribution in [2.75, 3.05) is 13.2 Å². The maximum atomic E-state index is 11.8. The third-order valence-electron chi connectivity index (χ3n) is 4.17. The minimum absolute atomic E-state index is 0.119. The lowest BCUT2D eigenvalue weighted by molar-refractivity contribution is -0.123. The number of carbonyl (C=O) groups is 1. The van der Waals surface area contributed by atoms with Gasteiger partial charge in [-0.25, -0.2) is 0 Å². The molecule has 0 aromatic heterocycles. The molecule has 0 spiro atoms. The molecule has 1 aliphatic carbocycles. The van der Waals surface area contributed by atoms with Crippen LogP contribution in [-0.4, -0.2) is 24.2 Å². The number of amides is 1. The fourth-order valence-electron chi connectivity index (χ4n) is 2.40. The van der Waals surface area contributed by atoms with Crippen molar-refractivity contribution in [1.29, 1.82) is 0 Å². The lowest BCUT2D eigenvalue weighted by atomic mass is 10.0. The van der Waals surface area contributed by atoms with Crippen molar-refractivity contribution < 1.29 is 9.90 Å². The highest BCUT2D eigenvalue weighted by Crippen LogP contribution is 2.68. The lowest BCUT2D eigenvalue weighted by Gasteiger charge is -2.05. The summed E-state index contributed by atoms with van der Waals surface area (Å²) in [7, 11) is 0. The van der Waals surface area contributed by atoms with Crippen molar-refractivity contribution in [3.05, 3.63) is 0 Å². The quantitative estimate of drug-likeness (QED) is 0.681. The van der Waals surface area contributed by atoms with Crippen molar-refractivity contribution in [3.63, 3.8) is 0 Å². The molecule has 0 heterocycles. The Morgan fingerprint density at radius 2 is 1.73 bits per heavy atom. The number of aliphatic hydroxyl groups is 1. The molecule has 88 valence electrons. The molecule has 0 aromatic rings. The van der Waals surface area contributed by atoms with Crippen LogP contribution in [0, 0.1) is 16.7 Å². The molecule has 3 heteroatoms. The lowest BCUT2D eigenvalue weighted by Crippen LogP contribution is -2.28. The number of aliphatic hydroxyl groups excluding tert-OH is 1. The number of rotatable bonds is 5. The van der Waals surface area contributed by atoms with E-state index < -0.39 is 0 Å². The highest BCUT2D eigenvalue weighted by molar-refractivity contribution is 5.84. The van der Waals surface area contributed by atoms with Crippen molar-refractivity contribution in [1.82, 2.24) is 5.32 Å². The molecule has 0 unspecified atom stereocenters. The van der Waals surface area contributed by atoms with E-state index >= 15 is 0 Å². The fourth-order valence-corrected chi connectivity index (χ4v) is 2.40. The summed E-state index contributed by atoms with van der Waals surface area (Å²) in [5.41, 5.74) is 0.238. The van der Waals surface area contributed by atoms with Crippen LogP contribution in [0.4, 0.5) is 0 Å². The minimum atomic E-state index is 0.119. The molecule has 0 atom stereocenters. The van der Waals surface area contributed by atoms with Crippen LogP contribution in [0.3, 0.4) is 0 Å². The van der Waals surface area contributed by atoms with Crippen LogP contribution in [0.2, 0.25) is 0 Å². The summed E-state index contributed by atoms with van der Waals surface area (Å²) in [6.07, 6.45) is 1.62. The van der Waals surface area contributed by atoms with Crippen LogP contribution >= 0.6 is 0 Å². The van der Waals surface area contributed by atoms with Gasteiger partial charge >= 0.3 is 0 Å². The summed E-state index contributed by atoms with van der Waals surface area (Å²) in [6.45, 7) is 9.46. The van der Waals surface area contributed by atoms with Gasteiger partial charge in [0.25, 0.3) is 0 Å². The first-order valence-corrected chi connectivity index (χ1v) is 5.74. The van der Waals surface area contributed by atoms with Gasteiger partial charge in [-0.1, -0.05) is 27.7 Å². The minimum Gasteiger partial charge on any atom is -0.396 e. The molecule has 15 heavy (non-hydrogen) atoms. The summed E-state index contributed by atoms with van der Waals surface area (Å²) >= 11 is 0. The van der Waals surface area contributed by atoms with E-state index in [4.69, 9.17) is 5.11 Å². The normalized spacial score (nSPS) is 22.5. The first-order chi connectivity index (χ1) is 6.85. The van der Waals surface area contributed by atoms with Gasteiger partial charge in [0.15, 0.2) is 0 Å². The van der Waals surface area contributed by atoms with E-state index in [1.807, 2.05) is 0 Å². The summed E-state index contributed by atoms with van der Waals surface area (Å²) in [5.74, 6) is 0.307. The monoisotopic (exact) mass is 213 g/mol. The predicted octanol–water partition coefficient (Wildman–Crippen LogP) is 1.56. The largest absolute Gasteiger partial charge is 0.396 e. The van der Waals surface area contributed by atoms with Gasteiger partial charge in [-0.2, -0.15) is 0 Å². The molecule has 0 saturated heterocycles. The number of hydrogen-bond donors (Lipinski definition) is 2. The SMILES string of the molecule is CC1(C)C(C(=O)NCCCCO)C1(C)C. The second kappa shape index (κ2) is 4.12. The van der Waals surface area contributed by atoms with Crippen LogP contribution in [0.5, 0.6) is 0 Å². The Morgan fingerprint density at radius 1 is 1.20 bits per heavy atom. The van der Waals surface area contributed by atoms with E-state index in [-0.39, 0.29) is 29.3 Å².